The van der Waals surface area contributed by atoms with Gasteiger partial charge in [0.2, 0.25) is 6.79 Å². The highest BCUT2D eigenvalue weighted by atomic mass is 16.7. The van der Waals surface area contributed by atoms with Crippen LogP contribution in [0.1, 0.15) is 16.1 Å². The Labute approximate surface area is 110 Å². The number of carbonyl (C=O) groups excluding carboxylic acids is 1. The number of amides is 1. The summed E-state index contributed by atoms with van der Waals surface area (Å²) in [6, 6.07) is 7.26. The Hall–Kier alpha value is -2.43. The lowest BCUT2D eigenvalue weighted by molar-refractivity contribution is 0.101. The van der Waals surface area contributed by atoms with Crippen LogP contribution in [-0.2, 0) is 7.05 Å². The molecule has 1 amide bonds. The Morgan fingerprint density at radius 2 is 2.05 bits per heavy atom. The SMILES string of the molecule is Cc1cc2c(cc1NC(=O)c1cccn1C)OCO2. The summed E-state index contributed by atoms with van der Waals surface area (Å²) in [6.07, 6.45) is 1.83. The number of aromatic nitrogens is 1. The van der Waals surface area contributed by atoms with Gasteiger partial charge < -0.3 is 19.4 Å². The predicted molar refractivity (Wildman–Crippen MR) is 70.7 cm³/mol. The minimum absolute atomic E-state index is 0.144. The van der Waals surface area contributed by atoms with Gasteiger partial charge in [0, 0.05) is 25.0 Å². The standard InChI is InChI=1S/C14H14N2O3/c1-9-6-12-13(19-8-18-12)7-10(9)15-14(17)11-4-3-5-16(11)2/h3-7H,8H2,1-2H3,(H,15,17). The van der Waals surface area contributed by atoms with Crippen LogP contribution >= 0.6 is 0 Å². The van der Waals surface area contributed by atoms with E-state index in [1.807, 2.05) is 32.3 Å². The number of fused-ring (bicyclic) bond motifs is 1. The number of hydrogen-bond acceptors (Lipinski definition) is 3. The van der Waals surface area contributed by atoms with Crippen LogP contribution in [-0.4, -0.2) is 17.3 Å². The van der Waals surface area contributed by atoms with Crippen molar-refractivity contribution in [1.82, 2.24) is 4.57 Å². The Bertz CT molecular complexity index is 646. The average Bonchev–Trinajstić information content (AvgIpc) is 2.98. The summed E-state index contributed by atoms with van der Waals surface area (Å²) in [5.41, 5.74) is 2.28. The number of benzene rings is 1. The summed E-state index contributed by atoms with van der Waals surface area (Å²) in [5.74, 6) is 1.23. The smallest absolute Gasteiger partial charge is 0.272 e. The van der Waals surface area contributed by atoms with Crippen molar-refractivity contribution < 1.29 is 14.3 Å². The summed E-state index contributed by atoms with van der Waals surface area (Å²) >= 11 is 0. The van der Waals surface area contributed by atoms with Crippen LogP contribution in [0.2, 0.25) is 0 Å². The molecule has 1 aromatic heterocycles. The van der Waals surface area contributed by atoms with Crippen LogP contribution in [0.3, 0.4) is 0 Å². The van der Waals surface area contributed by atoms with Gasteiger partial charge >= 0.3 is 0 Å². The lowest BCUT2D eigenvalue weighted by Gasteiger charge is -2.10. The molecule has 98 valence electrons. The summed E-state index contributed by atoms with van der Waals surface area (Å²) in [4.78, 5) is 12.1. The highest BCUT2D eigenvalue weighted by Gasteiger charge is 2.17. The number of anilines is 1. The quantitative estimate of drug-likeness (QED) is 0.899. The lowest BCUT2D eigenvalue weighted by atomic mass is 10.1. The second-order valence-electron chi connectivity index (χ2n) is 4.48. The zero-order valence-electron chi connectivity index (χ0n) is 10.8. The normalized spacial score (nSPS) is 12.5. The van der Waals surface area contributed by atoms with Gasteiger partial charge in [0.1, 0.15) is 5.69 Å². The van der Waals surface area contributed by atoms with E-state index in [2.05, 4.69) is 5.32 Å². The second kappa shape index (κ2) is 4.35. The number of hydrogen-bond donors (Lipinski definition) is 1. The number of ether oxygens (including phenoxy) is 2. The number of carbonyl (C=O) groups is 1. The molecule has 0 spiro atoms. The molecular weight excluding hydrogens is 244 g/mol. The molecule has 5 heteroatoms. The van der Waals surface area contributed by atoms with Gasteiger partial charge in [-0.3, -0.25) is 4.79 Å². The molecule has 0 atom stereocenters. The van der Waals surface area contributed by atoms with E-state index in [0.29, 0.717) is 11.4 Å². The predicted octanol–water partition coefficient (Wildman–Crippen LogP) is 2.31. The summed E-state index contributed by atoms with van der Waals surface area (Å²) in [7, 11) is 1.83. The fraction of sp³-hybridized carbons (Fsp3) is 0.214. The number of nitrogens with one attached hydrogen (secondary N) is 1. The third kappa shape index (κ3) is 2.03. The van der Waals surface area contributed by atoms with Crippen LogP contribution in [0.15, 0.2) is 30.5 Å². The first-order chi connectivity index (χ1) is 9.15. The van der Waals surface area contributed by atoms with E-state index in [1.165, 1.54) is 0 Å². The van der Waals surface area contributed by atoms with Crippen LogP contribution < -0.4 is 14.8 Å². The molecule has 2 heterocycles. The van der Waals surface area contributed by atoms with Crippen LogP contribution in [0.25, 0.3) is 0 Å². The average molecular weight is 258 g/mol. The zero-order chi connectivity index (χ0) is 13.4. The molecule has 19 heavy (non-hydrogen) atoms. The fourth-order valence-electron chi connectivity index (χ4n) is 2.06. The molecule has 1 aliphatic heterocycles. The van der Waals surface area contributed by atoms with Crippen molar-refractivity contribution in [2.24, 2.45) is 7.05 Å². The van der Waals surface area contributed by atoms with E-state index in [0.717, 1.165) is 17.0 Å². The molecular formula is C14H14N2O3. The first-order valence-corrected chi connectivity index (χ1v) is 5.98. The lowest BCUT2D eigenvalue weighted by Crippen LogP contribution is -2.15. The van der Waals surface area contributed by atoms with E-state index in [4.69, 9.17) is 9.47 Å². The monoisotopic (exact) mass is 258 g/mol. The Kier molecular flexibility index (Phi) is 2.67. The van der Waals surface area contributed by atoms with Crippen LogP contribution in [0.4, 0.5) is 5.69 Å². The molecule has 0 aliphatic carbocycles. The van der Waals surface area contributed by atoms with Crippen molar-refractivity contribution in [3.63, 3.8) is 0 Å². The molecule has 0 fully saturated rings. The van der Waals surface area contributed by atoms with Crippen LogP contribution in [0, 0.1) is 6.92 Å². The van der Waals surface area contributed by atoms with Crippen molar-refractivity contribution in [1.29, 1.82) is 0 Å². The van der Waals surface area contributed by atoms with Crippen molar-refractivity contribution >= 4 is 11.6 Å². The summed E-state index contributed by atoms with van der Waals surface area (Å²) in [6.45, 7) is 2.15. The van der Waals surface area contributed by atoms with Gasteiger partial charge in [-0.2, -0.15) is 0 Å². The molecule has 3 rings (SSSR count). The summed E-state index contributed by atoms with van der Waals surface area (Å²) in [5, 5.41) is 2.89. The maximum atomic E-state index is 12.1. The third-order valence-corrected chi connectivity index (χ3v) is 3.14. The molecule has 0 saturated heterocycles. The number of rotatable bonds is 2. The summed E-state index contributed by atoms with van der Waals surface area (Å²) < 4.78 is 12.4. The molecule has 0 radical (unpaired) electrons. The zero-order valence-corrected chi connectivity index (χ0v) is 10.8. The van der Waals surface area contributed by atoms with Gasteiger partial charge in [0.25, 0.3) is 5.91 Å². The van der Waals surface area contributed by atoms with E-state index in [9.17, 15) is 4.79 Å². The van der Waals surface area contributed by atoms with E-state index < -0.39 is 0 Å². The van der Waals surface area contributed by atoms with E-state index >= 15 is 0 Å². The molecule has 0 unspecified atom stereocenters. The number of nitrogens with zero attached hydrogens (tertiary/aromatic N) is 1. The van der Waals surface area contributed by atoms with Crippen molar-refractivity contribution in [2.45, 2.75) is 6.92 Å². The third-order valence-electron chi connectivity index (χ3n) is 3.14. The van der Waals surface area contributed by atoms with Gasteiger partial charge in [0.05, 0.1) is 0 Å². The topological polar surface area (TPSA) is 52.5 Å². The second-order valence-corrected chi connectivity index (χ2v) is 4.48. The fourth-order valence-corrected chi connectivity index (χ4v) is 2.06. The van der Waals surface area contributed by atoms with Crippen molar-refractivity contribution in [3.8, 4) is 11.5 Å². The first kappa shape index (κ1) is 11.6. The van der Waals surface area contributed by atoms with Gasteiger partial charge in [-0.05, 0) is 30.7 Å². The van der Waals surface area contributed by atoms with E-state index in [1.54, 1.807) is 16.7 Å². The van der Waals surface area contributed by atoms with Gasteiger partial charge in [-0.15, -0.1) is 0 Å². The van der Waals surface area contributed by atoms with Gasteiger partial charge in [-0.1, -0.05) is 0 Å². The van der Waals surface area contributed by atoms with Crippen molar-refractivity contribution in [2.75, 3.05) is 12.1 Å². The highest BCUT2D eigenvalue weighted by molar-refractivity contribution is 6.03. The number of aryl methyl sites for hydroxylation is 2. The molecule has 1 aromatic carbocycles. The largest absolute Gasteiger partial charge is 0.454 e. The van der Waals surface area contributed by atoms with E-state index in [-0.39, 0.29) is 12.7 Å². The Balaban J connectivity index is 1.88. The maximum Gasteiger partial charge on any atom is 0.272 e. The first-order valence-electron chi connectivity index (χ1n) is 5.98. The molecule has 2 aromatic rings. The molecule has 0 bridgehead atoms. The maximum absolute atomic E-state index is 12.1. The minimum atomic E-state index is -0.144. The minimum Gasteiger partial charge on any atom is -0.454 e. The molecule has 5 nitrogen and oxygen atoms in total. The molecule has 0 saturated carbocycles. The molecule has 1 N–H and O–H groups in total. The Morgan fingerprint density at radius 1 is 1.32 bits per heavy atom. The Morgan fingerprint density at radius 3 is 2.74 bits per heavy atom. The van der Waals surface area contributed by atoms with Gasteiger partial charge in [-0.25, -0.2) is 0 Å². The van der Waals surface area contributed by atoms with Gasteiger partial charge in [0.15, 0.2) is 11.5 Å². The highest BCUT2D eigenvalue weighted by Crippen LogP contribution is 2.36. The van der Waals surface area contributed by atoms with Crippen LogP contribution in [0.5, 0.6) is 11.5 Å². The molecule has 1 aliphatic rings. The van der Waals surface area contributed by atoms with Crippen molar-refractivity contribution in [3.05, 3.63) is 41.7 Å².